The summed E-state index contributed by atoms with van der Waals surface area (Å²) in [5, 5.41) is 5.74. The smallest absolute Gasteiger partial charge is 0.226 e. The molecule has 0 atom stereocenters. The molecule has 0 aliphatic rings. The Morgan fingerprint density at radius 2 is 1.50 bits per heavy atom. The van der Waals surface area contributed by atoms with Crippen LogP contribution in [-0.2, 0) is 26.8 Å². The summed E-state index contributed by atoms with van der Waals surface area (Å²) in [6, 6.07) is 21.9. The van der Waals surface area contributed by atoms with Gasteiger partial charge in [-0.05, 0) is 67.9 Å². The second-order valence-corrected chi connectivity index (χ2v) is 10.2. The first-order valence-corrected chi connectivity index (χ1v) is 12.3. The third-order valence-corrected chi connectivity index (χ3v) is 6.75. The third-order valence-electron chi connectivity index (χ3n) is 4.85. The van der Waals surface area contributed by atoms with E-state index < -0.39 is 9.84 Å². The molecule has 0 fully saturated rings. The molecule has 1 amide bonds. The molecule has 0 heterocycles. The fraction of sp³-hybridized carbons (Fsp3) is 0.200. The second kappa shape index (κ2) is 10.5. The lowest BCUT2D eigenvalue weighted by atomic mass is 10.1. The van der Waals surface area contributed by atoms with Crippen molar-refractivity contribution in [1.29, 1.82) is 0 Å². The Balaban J connectivity index is 1.55. The largest absolute Gasteiger partial charge is 0.332 e. The maximum atomic E-state index is 12.8. The van der Waals surface area contributed by atoms with Gasteiger partial charge in [0.1, 0.15) is 0 Å². The monoisotopic (exact) mass is 466 g/mol. The number of thiocarbonyl (C=S) groups is 1. The van der Waals surface area contributed by atoms with Crippen LogP contribution in [0.1, 0.15) is 28.7 Å². The molecule has 0 aliphatic carbocycles. The minimum Gasteiger partial charge on any atom is -0.332 e. The van der Waals surface area contributed by atoms with Crippen LogP contribution in [0, 0.1) is 13.8 Å². The molecule has 0 saturated carbocycles. The number of benzene rings is 3. The molecule has 166 valence electrons. The molecule has 3 aromatic carbocycles. The van der Waals surface area contributed by atoms with Crippen molar-refractivity contribution in [3.05, 3.63) is 95.1 Å². The Morgan fingerprint density at radius 1 is 0.875 bits per heavy atom. The molecule has 32 heavy (non-hydrogen) atoms. The van der Waals surface area contributed by atoms with E-state index in [9.17, 15) is 13.2 Å². The second-order valence-electron chi connectivity index (χ2n) is 7.77. The van der Waals surface area contributed by atoms with Crippen LogP contribution in [0.4, 0.5) is 5.69 Å². The number of hydrogen-bond donors (Lipinski definition) is 2. The number of nitrogens with one attached hydrogen (secondary N) is 2. The lowest BCUT2D eigenvalue weighted by molar-refractivity contribution is -0.119. The number of carbonyl (C=O) groups is 1. The van der Waals surface area contributed by atoms with Crippen LogP contribution < -0.4 is 10.6 Å². The first-order chi connectivity index (χ1) is 15.2. The summed E-state index contributed by atoms with van der Waals surface area (Å²) < 4.78 is 25.6. The van der Waals surface area contributed by atoms with Gasteiger partial charge in [-0.3, -0.25) is 4.79 Å². The Morgan fingerprint density at radius 3 is 2.12 bits per heavy atom. The zero-order chi connectivity index (χ0) is 23.1. The van der Waals surface area contributed by atoms with Crippen molar-refractivity contribution >= 4 is 38.8 Å². The molecule has 0 aromatic heterocycles. The van der Waals surface area contributed by atoms with Crippen molar-refractivity contribution in [2.75, 3.05) is 5.32 Å². The molecule has 0 saturated heterocycles. The summed E-state index contributed by atoms with van der Waals surface area (Å²) in [6.07, 6.45) is 0.948. The zero-order valence-electron chi connectivity index (χ0n) is 18.1. The van der Waals surface area contributed by atoms with Crippen molar-refractivity contribution < 1.29 is 13.2 Å². The van der Waals surface area contributed by atoms with Crippen LogP contribution in [-0.4, -0.2) is 19.4 Å². The highest BCUT2D eigenvalue weighted by Crippen LogP contribution is 2.20. The van der Waals surface area contributed by atoms with Gasteiger partial charge in [-0.1, -0.05) is 59.7 Å². The molecule has 3 aromatic rings. The Hall–Kier alpha value is -3.03. The van der Waals surface area contributed by atoms with E-state index in [0.717, 1.165) is 22.3 Å². The Labute approximate surface area is 194 Å². The maximum absolute atomic E-state index is 12.8. The fourth-order valence-electron chi connectivity index (χ4n) is 3.45. The molecule has 7 heteroatoms. The maximum Gasteiger partial charge on any atom is 0.226 e. The van der Waals surface area contributed by atoms with E-state index in [4.69, 9.17) is 12.2 Å². The Kier molecular flexibility index (Phi) is 7.77. The SMILES string of the molecule is Cc1cc(C)cc(CS(=O)(=O)c2ccc(NC(=S)NC(=O)CCc3ccccc3)cc2)c1. The minimum absolute atomic E-state index is 0.0574. The van der Waals surface area contributed by atoms with Crippen LogP contribution in [0.3, 0.4) is 0 Å². The van der Waals surface area contributed by atoms with E-state index in [1.807, 2.05) is 62.4 Å². The molecular formula is C25H26N2O3S2. The van der Waals surface area contributed by atoms with E-state index in [0.29, 0.717) is 18.5 Å². The summed E-state index contributed by atoms with van der Waals surface area (Å²) in [5.74, 6) is -0.239. The van der Waals surface area contributed by atoms with Crippen molar-refractivity contribution in [2.24, 2.45) is 0 Å². The number of sulfone groups is 1. The van der Waals surface area contributed by atoms with Crippen molar-refractivity contribution in [3.8, 4) is 0 Å². The Bertz CT molecular complexity index is 1190. The standard InChI is InChI=1S/C25H26N2O3S2/c1-18-14-19(2)16-21(15-18)17-32(29,30)23-11-9-22(10-12-23)26-25(31)27-24(28)13-8-20-6-4-3-5-7-20/h3-7,9-12,14-16H,8,13,17H2,1-2H3,(H2,26,27,28,31). The molecule has 0 bridgehead atoms. The van der Waals surface area contributed by atoms with E-state index >= 15 is 0 Å². The van der Waals surface area contributed by atoms with E-state index in [-0.39, 0.29) is 21.7 Å². The summed E-state index contributed by atoms with van der Waals surface area (Å²) in [6.45, 7) is 3.90. The number of hydrogen-bond acceptors (Lipinski definition) is 4. The summed E-state index contributed by atoms with van der Waals surface area (Å²) in [7, 11) is -3.48. The average Bonchev–Trinajstić information content (AvgIpc) is 2.72. The molecule has 2 N–H and O–H groups in total. The van der Waals surface area contributed by atoms with E-state index in [1.54, 1.807) is 24.3 Å². The molecule has 0 aliphatic heterocycles. The van der Waals surface area contributed by atoms with Gasteiger partial charge in [-0.15, -0.1) is 0 Å². The predicted octanol–water partition coefficient (Wildman–Crippen LogP) is 4.72. The van der Waals surface area contributed by atoms with Gasteiger partial charge in [0, 0.05) is 12.1 Å². The van der Waals surface area contributed by atoms with Crippen LogP contribution in [0.25, 0.3) is 0 Å². The highest BCUT2D eigenvalue weighted by Gasteiger charge is 2.16. The molecular weight excluding hydrogens is 440 g/mol. The van der Waals surface area contributed by atoms with Crippen molar-refractivity contribution in [3.63, 3.8) is 0 Å². The molecule has 0 spiro atoms. The highest BCUT2D eigenvalue weighted by molar-refractivity contribution is 7.90. The van der Waals surface area contributed by atoms with E-state index in [1.165, 1.54) is 0 Å². The van der Waals surface area contributed by atoms with Crippen LogP contribution in [0.2, 0.25) is 0 Å². The first-order valence-electron chi connectivity index (χ1n) is 10.3. The van der Waals surface area contributed by atoms with Crippen LogP contribution in [0.5, 0.6) is 0 Å². The van der Waals surface area contributed by atoms with Gasteiger partial charge in [0.15, 0.2) is 14.9 Å². The summed E-state index contributed by atoms with van der Waals surface area (Å²) in [4.78, 5) is 12.3. The van der Waals surface area contributed by atoms with Crippen LogP contribution in [0.15, 0.2) is 77.7 Å². The van der Waals surface area contributed by atoms with Gasteiger partial charge in [0.25, 0.3) is 0 Å². The number of rotatable bonds is 7. The van der Waals surface area contributed by atoms with Gasteiger partial charge >= 0.3 is 0 Å². The zero-order valence-corrected chi connectivity index (χ0v) is 19.7. The highest BCUT2D eigenvalue weighted by atomic mass is 32.2. The number of anilines is 1. The minimum atomic E-state index is -3.48. The first kappa shape index (κ1) is 23.6. The van der Waals surface area contributed by atoms with Crippen molar-refractivity contribution in [1.82, 2.24) is 5.32 Å². The quantitative estimate of drug-likeness (QED) is 0.493. The van der Waals surface area contributed by atoms with Gasteiger partial charge in [-0.2, -0.15) is 0 Å². The normalized spacial score (nSPS) is 11.1. The van der Waals surface area contributed by atoms with Gasteiger partial charge in [0.05, 0.1) is 10.6 Å². The average molecular weight is 467 g/mol. The molecule has 3 rings (SSSR count). The summed E-state index contributed by atoms with van der Waals surface area (Å²) in [5.41, 5.74) is 4.52. The van der Waals surface area contributed by atoms with E-state index in [2.05, 4.69) is 10.6 Å². The topological polar surface area (TPSA) is 75.3 Å². The number of amides is 1. The molecule has 5 nitrogen and oxygen atoms in total. The fourth-order valence-corrected chi connectivity index (χ4v) is 5.01. The number of carbonyl (C=O) groups excluding carboxylic acids is 1. The lowest BCUT2D eigenvalue weighted by Gasteiger charge is -2.11. The number of aryl methyl sites for hydroxylation is 3. The van der Waals surface area contributed by atoms with Crippen molar-refractivity contribution in [2.45, 2.75) is 37.3 Å². The molecule has 0 radical (unpaired) electrons. The molecule has 0 unspecified atom stereocenters. The van der Waals surface area contributed by atoms with Gasteiger partial charge in [0.2, 0.25) is 5.91 Å². The van der Waals surface area contributed by atoms with Gasteiger partial charge in [-0.25, -0.2) is 8.42 Å². The van der Waals surface area contributed by atoms with Gasteiger partial charge < -0.3 is 10.6 Å². The predicted molar refractivity (Wildman–Crippen MR) is 132 cm³/mol. The van der Waals surface area contributed by atoms with Crippen LogP contribution >= 0.6 is 12.2 Å². The third kappa shape index (κ3) is 7.00. The lowest BCUT2D eigenvalue weighted by Crippen LogP contribution is -2.34. The summed E-state index contributed by atoms with van der Waals surface area (Å²) >= 11 is 5.20.